The van der Waals surface area contributed by atoms with Crippen LogP contribution in [0.4, 0.5) is 11.8 Å². The van der Waals surface area contributed by atoms with Gasteiger partial charge in [-0.25, -0.2) is 4.98 Å². The molecule has 8 heteroatoms. The van der Waals surface area contributed by atoms with E-state index in [2.05, 4.69) is 26.8 Å². The number of nitrogen functional groups attached to an aromatic ring is 1. The van der Waals surface area contributed by atoms with Gasteiger partial charge in [-0.05, 0) is 18.9 Å². The van der Waals surface area contributed by atoms with Gasteiger partial charge in [-0.2, -0.15) is 4.98 Å². The van der Waals surface area contributed by atoms with Crippen LogP contribution in [0.25, 0.3) is 10.9 Å². The number of carbonyl (C=O) groups is 1. The molecule has 1 aromatic carbocycles. The molecule has 0 atom stereocenters. The number of methoxy groups -OCH3 is 2. The van der Waals surface area contributed by atoms with Crippen LogP contribution in [0.15, 0.2) is 24.8 Å². The summed E-state index contributed by atoms with van der Waals surface area (Å²) >= 11 is 0. The summed E-state index contributed by atoms with van der Waals surface area (Å²) in [6, 6.07) is 3.58. The number of nitrogens with two attached hydrogens (primary N) is 1. The van der Waals surface area contributed by atoms with Gasteiger partial charge in [-0.3, -0.25) is 4.79 Å². The van der Waals surface area contributed by atoms with E-state index in [1.165, 1.54) is 0 Å². The third-order valence-electron chi connectivity index (χ3n) is 4.79. The van der Waals surface area contributed by atoms with Crippen molar-refractivity contribution in [2.45, 2.75) is 12.8 Å². The van der Waals surface area contributed by atoms with Crippen LogP contribution in [0.5, 0.6) is 11.5 Å². The van der Waals surface area contributed by atoms with Crippen LogP contribution < -0.4 is 25.4 Å². The molecule has 0 bridgehead atoms. The van der Waals surface area contributed by atoms with Crippen LogP contribution in [-0.4, -0.2) is 49.7 Å². The molecule has 1 aromatic heterocycles. The van der Waals surface area contributed by atoms with E-state index in [1.807, 2.05) is 0 Å². The number of fused-ring (bicyclic) bond motifs is 1. The van der Waals surface area contributed by atoms with E-state index in [9.17, 15) is 4.79 Å². The number of carbonyl (C=O) groups excluding carboxylic acids is 1. The number of nitrogens with zero attached hydrogens (tertiary/aromatic N) is 3. The number of benzene rings is 1. The third-order valence-corrected chi connectivity index (χ3v) is 4.79. The predicted octanol–water partition coefficient (Wildman–Crippen LogP) is 1.75. The van der Waals surface area contributed by atoms with E-state index in [1.54, 1.807) is 32.4 Å². The van der Waals surface area contributed by atoms with Gasteiger partial charge in [0, 0.05) is 37.0 Å². The fraction of sp³-hybridized carbons (Fsp3) is 0.421. The molecular weight excluding hydrogens is 346 g/mol. The summed E-state index contributed by atoms with van der Waals surface area (Å²) in [6.07, 6.45) is 3.18. The minimum atomic E-state index is 0.00311. The molecule has 0 unspecified atom stereocenters. The summed E-state index contributed by atoms with van der Waals surface area (Å²) in [5.74, 6) is 2.21. The highest BCUT2D eigenvalue weighted by Gasteiger charge is 2.26. The summed E-state index contributed by atoms with van der Waals surface area (Å²) in [7, 11) is 3.15. The van der Waals surface area contributed by atoms with Crippen LogP contribution in [0.1, 0.15) is 12.8 Å². The lowest BCUT2D eigenvalue weighted by molar-refractivity contribution is -0.125. The van der Waals surface area contributed by atoms with Crippen molar-refractivity contribution >= 4 is 28.6 Å². The fourth-order valence-electron chi connectivity index (χ4n) is 3.27. The van der Waals surface area contributed by atoms with Gasteiger partial charge in [0.2, 0.25) is 11.9 Å². The minimum absolute atomic E-state index is 0.00311. The van der Waals surface area contributed by atoms with Crippen molar-refractivity contribution < 1.29 is 14.3 Å². The largest absolute Gasteiger partial charge is 0.493 e. The smallest absolute Gasteiger partial charge is 0.227 e. The molecule has 1 amide bonds. The average Bonchev–Trinajstić information content (AvgIpc) is 2.71. The Labute approximate surface area is 158 Å². The van der Waals surface area contributed by atoms with Crippen LogP contribution in [0, 0.1) is 5.92 Å². The van der Waals surface area contributed by atoms with Crippen molar-refractivity contribution in [3.8, 4) is 11.5 Å². The molecule has 144 valence electrons. The van der Waals surface area contributed by atoms with E-state index in [-0.39, 0.29) is 11.8 Å². The molecule has 1 aliphatic rings. The molecule has 2 aromatic rings. The Morgan fingerprint density at radius 3 is 2.59 bits per heavy atom. The fourth-order valence-corrected chi connectivity index (χ4v) is 3.27. The summed E-state index contributed by atoms with van der Waals surface area (Å²) in [6.45, 7) is 5.51. The number of aromatic nitrogens is 2. The van der Waals surface area contributed by atoms with Crippen molar-refractivity contribution in [2.75, 3.05) is 44.5 Å². The van der Waals surface area contributed by atoms with Crippen molar-refractivity contribution in [3.63, 3.8) is 0 Å². The molecule has 8 nitrogen and oxygen atoms in total. The van der Waals surface area contributed by atoms with Gasteiger partial charge in [-0.15, -0.1) is 6.58 Å². The lowest BCUT2D eigenvalue weighted by Gasteiger charge is -2.31. The Kier molecular flexibility index (Phi) is 5.63. The first-order chi connectivity index (χ1) is 13.1. The van der Waals surface area contributed by atoms with Crippen molar-refractivity contribution in [1.82, 2.24) is 15.3 Å². The number of rotatable bonds is 6. The number of anilines is 2. The Hall–Kier alpha value is -3.03. The lowest BCUT2D eigenvalue weighted by atomic mass is 9.96. The zero-order valence-corrected chi connectivity index (χ0v) is 15.7. The van der Waals surface area contributed by atoms with E-state index < -0.39 is 0 Å². The summed E-state index contributed by atoms with van der Waals surface area (Å²) in [4.78, 5) is 23.3. The summed E-state index contributed by atoms with van der Waals surface area (Å²) in [5, 5.41) is 3.58. The number of hydrogen-bond acceptors (Lipinski definition) is 7. The maximum absolute atomic E-state index is 12.1. The molecule has 0 radical (unpaired) electrons. The van der Waals surface area contributed by atoms with Crippen molar-refractivity contribution in [2.24, 2.45) is 5.92 Å². The molecule has 3 N–H and O–H groups in total. The predicted molar refractivity (Wildman–Crippen MR) is 105 cm³/mol. The van der Waals surface area contributed by atoms with Gasteiger partial charge >= 0.3 is 0 Å². The summed E-state index contributed by atoms with van der Waals surface area (Å²) < 4.78 is 10.7. The molecule has 1 saturated heterocycles. The zero-order valence-electron chi connectivity index (χ0n) is 15.7. The van der Waals surface area contributed by atoms with E-state index in [4.69, 9.17) is 15.2 Å². The van der Waals surface area contributed by atoms with Gasteiger partial charge in [0.1, 0.15) is 5.82 Å². The van der Waals surface area contributed by atoms with Gasteiger partial charge in [0.05, 0.1) is 19.7 Å². The minimum Gasteiger partial charge on any atom is -0.493 e. The van der Waals surface area contributed by atoms with Crippen LogP contribution >= 0.6 is 0 Å². The zero-order chi connectivity index (χ0) is 19.4. The van der Waals surface area contributed by atoms with Crippen LogP contribution in [-0.2, 0) is 4.79 Å². The highest BCUT2D eigenvalue weighted by molar-refractivity contribution is 5.91. The first kappa shape index (κ1) is 18.8. The quantitative estimate of drug-likeness (QED) is 0.746. The normalized spacial score (nSPS) is 14.8. The van der Waals surface area contributed by atoms with Crippen LogP contribution in [0.2, 0.25) is 0 Å². The van der Waals surface area contributed by atoms with Gasteiger partial charge in [-0.1, -0.05) is 6.08 Å². The number of ether oxygens (including phenoxy) is 2. The lowest BCUT2D eigenvalue weighted by Crippen LogP contribution is -2.41. The van der Waals surface area contributed by atoms with Gasteiger partial charge < -0.3 is 25.4 Å². The Morgan fingerprint density at radius 1 is 1.30 bits per heavy atom. The molecule has 1 fully saturated rings. The Morgan fingerprint density at radius 2 is 1.96 bits per heavy atom. The SMILES string of the molecule is C=CCNC(=O)C1CCN(c2nc(N)c3cc(OC)c(OC)cc3n2)CC1. The third kappa shape index (κ3) is 3.89. The Balaban J connectivity index is 1.79. The molecule has 27 heavy (non-hydrogen) atoms. The van der Waals surface area contributed by atoms with Crippen molar-refractivity contribution in [3.05, 3.63) is 24.8 Å². The highest BCUT2D eigenvalue weighted by atomic mass is 16.5. The standard InChI is InChI=1S/C19H25N5O3/c1-4-7-21-18(25)12-5-8-24(9-6-12)19-22-14-11-16(27-3)15(26-2)10-13(14)17(20)23-19/h4,10-12H,1,5-9H2,2-3H3,(H,21,25)(H2,20,22,23). The molecule has 0 aliphatic carbocycles. The van der Waals surface area contributed by atoms with E-state index in [0.717, 1.165) is 18.2 Å². The number of hydrogen-bond donors (Lipinski definition) is 2. The first-order valence-electron chi connectivity index (χ1n) is 8.90. The van der Waals surface area contributed by atoms with Gasteiger partial charge in [0.15, 0.2) is 11.5 Å². The molecule has 2 heterocycles. The van der Waals surface area contributed by atoms with Gasteiger partial charge in [0.25, 0.3) is 0 Å². The van der Waals surface area contributed by atoms with E-state index >= 15 is 0 Å². The topological polar surface area (TPSA) is 103 Å². The maximum atomic E-state index is 12.1. The molecular formula is C19H25N5O3. The number of nitrogens with one attached hydrogen (secondary N) is 1. The molecule has 0 saturated carbocycles. The second-order valence-electron chi connectivity index (χ2n) is 6.43. The number of piperidine rings is 1. The average molecular weight is 371 g/mol. The number of amides is 1. The highest BCUT2D eigenvalue weighted by Crippen LogP contribution is 2.34. The van der Waals surface area contributed by atoms with E-state index in [0.29, 0.717) is 48.4 Å². The Bertz CT molecular complexity index is 847. The molecule has 0 spiro atoms. The van der Waals surface area contributed by atoms with Crippen LogP contribution in [0.3, 0.4) is 0 Å². The molecule has 1 aliphatic heterocycles. The summed E-state index contributed by atoms with van der Waals surface area (Å²) in [5.41, 5.74) is 6.86. The maximum Gasteiger partial charge on any atom is 0.227 e. The second-order valence-corrected chi connectivity index (χ2v) is 6.43. The second kappa shape index (κ2) is 8.11. The van der Waals surface area contributed by atoms with Crippen molar-refractivity contribution in [1.29, 1.82) is 0 Å². The molecule has 3 rings (SSSR count). The first-order valence-corrected chi connectivity index (χ1v) is 8.90. The monoisotopic (exact) mass is 371 g/mol.